The highest BCUT2D eigenvalue weighted by Gasteiger charge is 2.08. The molecule has 0 saturated heterocycles. The lowest BCUT2D eigenvalue weighted by Gasteiger charge is -2.11. The molecule has 2 amide bonds. The molecule has 0 aliphatic rings. The molecule has 0 aromatic heterocycles. The van der Waals surface area contributed by atoms with Crippen molar-refractivity contribution in [3.63, 3.8) is 0 Å². The lowest BCUT2D eigenvalue weighted by atomic mass is 10.1. The second-order valence-electron chi connectivity index (χ2n) is 4.32. The summed E-state index contributed by atoms with van der Waals surface area (Å²) in [6.07, 6.45) is 0.731. The fourth-order valence-corrected chi connectivity index (χ4v) is 1.72. The molecule has 0 unspecified atom stereocenters. The Hall–Kier alpha value is -2.08. The van der Waals surface area contributed by atoms with Crippen LogP contribution in [0.25, 0.3) is 0 Å². The Morgan fingerprint density at radius 1 is 1.20 bits per heavy atom. The number of carbonyl (C=O) groups excluding carboxylic acids is 1. The van der Waals surface area contributed by atoms with Gasteiger partial charge in [-0.25, -0.2) is 4.79 Å². The topological polar surface area (TPSA) is 90.5 Å². The van der Waals surface area contributed by atoms with Crippen LogP contribution in [0.3, 0.4) is 0 Å². The summed E-state index contributed by atoms with van der Waals surface area (Å²) < 4.78 is 0. The maximum absolute atomic E-state index is 11.7. The second kappa shape index (κ2) is 8.92. The van der Waals surface area contributed by atoms with Gasteiger partial charge in [0.05, 0.1) is 6.42 Å². The molecule has 110 valence electrons. The van der Waals surface area contributed by atoms with Crippen LogP contribution in [0.15, 0.2) is 24.3 Å². The molecular formula is C14H21N3O3. The maximum Gasteiger partial charge on any atom is 0.319 e. The molecule has 1 rings (SSSR count). The number of hydrogen-bond acceptors (Lipinski definition) is 3. The number of para-hydroxylation sites is 1. The first kappa shape index (κ1) is 16.0. The van der Waals surface area contributed by atoms with Crippen LogP contribution >= 0.6 is 0 Å². The number of carboxylic acids is 1. The first-order chi connectivity index (χ1) is 9.63. The molecule has 1 aromatic carbocycles. The van der Waals surface area contributed by atoms with Crippen LogP contribution in [0.2, 0.25) is 0 Å². The van der Waals surface area contributed by atoms with Crippen molar-refractivity contribution in [2.24, 2.45) is 0 Å². The summed E-state index contributed by atoms with van der Waals surface area (Å²) in [6.45, 7) is 4.36. The minimum Gasteiger partial charge on any atom is -0.481 e. The number of rotatable bonds is 8. The van der Waals surface area contributed by atoms with E-state index in [9.17, 15) is 9.59 Å². The SMILES string of the molecule is CCNCCCNC(=O)Nc1ccccc1CC(=O)O. The van der Waals surface area contributed by atoms with E-state index in [-0.39, 0.29) is 12.5 Å². The van der Waals surface area contributed by atoms with E-state index < -0.39 is 5.97 Å². The van der Waals surface area contributed by atoms with Crippen LogP contribution < -0.4 is 16.0 Å². The van der Waals surface area contributed by atoms with Crippen LogP contribution in [0.5, 0.6) is 0 Å². The quantitative estimate of drug-likeness (QED) is 0.542. The second-order valence-corrected chi connectivity index (χ2v) is 4.32. The van der Waals surface area contributed by atoms with Gasteiger partial charge >= 0.3 is 12.0 Å². The van der Waals surface area contributed by atoms with Crippen LogP contribution in [0, 0.1) is 0 Å². The van der Waals surface area contributed by atoms with E-state index in [1.807, 2.05) is 6.92 Å². The lowest BCUT2D eigenvalue weighted by Crippen LogP contribution is -2.31. The number of nitrogens with one attached hydrogen (secondary N) is 3. The smallest absolute Gasteiger partial charge is 0.319 e. The Kier molecular flexibility index (Phi) is 7.13. The third-order valence-electron chi connectivity index (χ3n) is 2.67. The van der Waals surface area contributed by atoms with Gasteiger partial charge in [0.15, 0.2) is 0 Å². The molecule has 1 aromatic rings. The van der Waals surface area contributed by atoms with E-state index in [2.05, 4.69) is 16.0 Å². The standard InChI is InChI=1S/C14H21N3O3/c1-2-15-8-5-9-16-14(20)17-12-7-4-3-6-11(12)10-13(18)19/h3-4,6-7,15H,2,5,8-10H2,1H3,(H,18,19)(H2,16,17,20). The van der Waals surface area contributed by atoms with Crippen LogP contribution in [0.4, 0.5) is 10.5 Å². The molecule has 0 radical (unpaired) electrons. The van der Waals surface area contributed by atoms with Crippen molar-refractivity contribution < 1.29 is 14.7 Å². The van der Waals surface area contributed by atoms with Gasteiger partial charge in [0, 0.05) is 12.2 Å². The molecule has 0 spiro atoms. The number of benzene rings is 1. The molecule has 0 fully saturated rings. The van der Waals surface area contributed by atoms with E-state index in [1.54, 1.807) is 24.3 Å². The Morgan fingerprint density at radius 2 is 1.95 bits per heavy atom. The van der Waals surface area contributed by atoms with E-state index in [4.69, 9.17) is 5.11 Å². The van der Waals surface area contributed by atoms with Crippen LogP contribution in [-0.2, 0) is 11.2 Å². The summed E-state index contributed by atoms with van der Waals surface area (Å²) in [6, 6.07) is 6.56. The van der Waals surface area contributed by atoms with Gasteiger partial charge in [0.25, 0.3) is 0 Å². The number of hydrogen-bond donors (Lipinski definition) is 4. The Morgan fingerprint density at radius 3 is 2.65 bits per heavy atom. The number of amides is 2. The van der Waals surface area contributed by atoms with Gasteiger partial charge < -0.3 is 21.1 Å². The van der Waals surface area contributed by atoms with Gasteiger partial charge in [-0.1, -0.05) is 25.1 Å². The number of carbonyl (C=O) groups is 2. The molecule has 0 heterocycles. The highest BCUT2D eigenvalue weighted by atomic mass is 16.4. The lowest BCUT2D eigenvalue weighted by molar-refractivity contribution is -0.136. The predicted molar refractivity (Wildman–Crippen MR) is 78.0 cm³/mol. The van der Waals surface area contributed by atoms with E-state index in [1.165, 1.54) is 0 Å². The largest absolute Gasteiger partial charge is 0.481 e. The number of urea groups is 1. The number of carboxylic acid groups (broad SMARTS) is 1. The third kappa shape index (κ3) is 6.19. The minimum atomic E-state index is -0.926. The van der Waals surface area contributed by atoms with Crippen molar-refractivity contribution in [3.05, 3.63) is 29.8 Å². The maximum atomic E-state index is 11.7. The monoisotopic (exact) mass is 279 g/mol. The molecule has 0 atom stereocenters. The van der Waals surface area contributed by atoms with E-state index >= 15 is 0 Å². The van der Waals surface area contributed by atoms with E-state index in [0.29, 0.717) is 17.8 Å². The zero-order valence-corrected chi connectivity index (χ0v) is 11.6. The van der Waals surface area contributed by atoms with Crippen molar-refractivity contribution >= 4 is 17.7 Å². The summed E-state index contributed by atoms with van der Waals surface area (Å²) in [4.78, 5) is 22.4. The minimum absolute atomic E-state index is 0.114. The zero-order chi connectivity index (χ0) is 14.8. The van der Waals surface area contributed by atoms with Gasteiger partial charge in [0.1, 0.15) is 0 Å². The number of anilines is 1. The predicted octanol–water partition coefficient (Wildman–Crippen LogP) is 1.43. The summed E-state index contributed by atoms with van der Waals surface area (Å²) in [7, 11) is 0. The summed E-state index contributed by atoms with van der Waals surface area (Å²) in [5.74, 6) is -0.926. The fourth-order valence-electron chi connectivity index (χ4n) is 1.72. The third-order valence-corrected chi connectivity index (χ3v) is 2.67. The van der Waals surface area contributed by atoms with Gasteiger partial charge in [-0.2, -0.15) is 0 Å². The van der Waals surface area contributed by atoms with Crippen molar-refractivity contribution in [3.8, 4) is 0 Å². The van der Waals surface area contributed by atoms with Crippen LogP contribution in [0.1, 0.15) is 18.9 Å². The molecule has 4 N–H and O–H groups in total. The van der Waals surface area contributed by atoms with Gasteiger partial charge in [-0.05, 0) is 31.1 Å². The normalized spacial score (nSPS) is 10.1. The highest BCUT2D eigenvalue weighted by Crippen LogP contribution is 2.15. The van der Waals surface area contributed by atoms with Crippen molar-refractivity contribution in [1.29, 1.82) is 0 Å². The van der Waals surface area contributed by atoms with Crippen molar-refractivity contribution in [2.45, 2.75) is 19.8 Å². The molecule has 6 nitrogen and oxygen atoms in total. The molecule has 0 aliphatic carbocycles. The molecule has 0 bridgehead atoms. The molecular weight excluding hydrogens is 258 g/mol. The van der Waals surface area contributed by atoms with Crippen molar-refractivity contribution in [2.75, 3.05) is 25.0 Å². The Labute approximate surface area is 118 Å². The van der Waals surface area contributed by atoms with E-state index in [0.717, 1.165) is 19.5 Å². The Bertz CT molecular complexity index is 449. The average molecular weight is 279 g/mol. The van der Waals surface area contributed by atoms with Gasteiger partial charge in [-0.15, -0.1) is 0 Å². The first-order valence-electron chi connectivity index (χ1n) is 6.68. The van der Waals surface area contributed by atoms with Crippen LogP contribution in [-0.4, -0.2) is 36.7 Å². The molecule has 6 heteroatoms. The summed E-state index contributed by atoms with van der Waals surface area (Å²) >= 11 is 0. The summed E-state index contributed by atoms with van der Waals surface area (Å²) in [5, 5.41) is 17.4. The summed E-state index contributed by atoms with van der Waals surface area (Å²) in [5.41, 5.74) is 1.11. The average Bonchev–Trinajstić information content (AvgIpc) is 2.40. The molecule has 0 saturated carbocycles. The Balaban J connectivity index is 2.43. The van der Waals surface area contributed by atoms with Gasteiger partial charge in [-0.3, -0.25) is 4.79 Å². The first-order valence-corrected chi connectivity index (χ1v) is 6.68. The zero-order valence-electron chi connectivity index (χ0n) is 11.6. The van der Waals surface area contributed by atoms with Gasteiger partial charge in [0.2, 0.25) is 0 Å². The fraction of sp³-hybridized carbons (Fsp3) is 0.429. The van der Waals surface area contributed by atoms with Crippen molar-refractivity contribution in [1.82, 2.24) is 10.6 Å². The molecule has 20 heavy (non-hydrogen) atoms. The highest BCUT2D eigenvalue weighted by molar-refractivity contribution is 5.90. The number of aliphatic carboxylic acids is 1. The molecule has 0 aliphatic heterocycles.